The summed E-state index contributed by atoms with van der Waals surface area (Å²) in [4.78, 5) is 3.86. The maximum absolute atomic E-state index is 11.9. The van der Waals surface area contributed by atoms with Crippen molar-refractivity contribution in [2.75, 3.05) is 12.3 Å². The Balaban J connectivity index is 2.04. The van der Waals surface area contributed by atoms with E-state index in [9.17, 15) is 8.42 Å². The molecular formula is C9H14N2O2S2. The van der Waals surface area contributed by atoms with E-state index in [0.29, 0.717) is 0 Å². The molecule has 84 valence electrons. The van der Waals surface area contributed by atoms with Gasteiger partial charge in [0.05, 0.1) is 5.75 Å². The highest BCUT2D eigenvalue weighted by Gasteiger charge is 2.24. The molecule has 1 aromatic rings. The fourth-order valence-corrected chi connectivity index (χ4v) is 4.26. The van der Waals surface area contributed by atoms with Crippen LogP contribution in [0.15, 0.2) is 15.9 Å². The first-order valence-electron chi connectivity index (χ1n) is 5.04. The monoisotopic (exact) mass is 246 g/mol. The molecule has 0 aromatic carbocycles. The van der Waals surface area contributed by atoms with Gasteiger partial charge < -0.3 is 5.32 Å². The lowest BCUT2D eigenvalue weighted by Crippen LogP contribution is -2.39. The SMILES string of the molecule is O=S(=O)(CC1CCCCN1)c1nccs1. The van der Waals surface area contributed by atoms with Crippen LogP contribution in [0.1, 0.15) is 19.3 Å². The third-order valence-corrected chi connectivity index (χ3v) is 5.60. The lowest BCUT2D eigenvalue weighted by Gasteiger charge is -2.22. The van der Waals surface area contributed by atoms with E-state index in [1.54, 1.807) is 5.38 Å². The highest BCUT2D eigenvalue weighted by Crippen LogP contribution is 2.17. The van der Waals surface area contributed by atoms with E-state index in [2.05, 4.69) is 10.3 Å². The van der Waals surface area contributed by atoms with Crippen LogP contribution in [0.5, 0.6) is 0 Å². The number of rotatable bonds is 3. The second-order valence-electron chi connectivity index (χ2n) is 3.73. The number of nitrogens with zero attached hydrogens (tertiary/aromatic N) is 1. The molecule has 1 aliphatic rings. The number of thiazole rings is 1. The fourth-order valence-electron chi connectivity index (χ4n) is 1.77. The largest absolute Gasteiger partial charge is 0.313 e. The van der Waals surface area contributed by atoms with Gasteiger partial charge in [-0.05, 0) is 19.4 Å². The number of piperidine rings is 1. The van der Waals surface area contributed by atoms with Gasteiger partial charge in [0.25, 0.3) is 0 Å². The first-order chi connectivity index (χ1) is 7.18. The molecule has 1 aromatic heterocycles. The third kappa shape index (κ3) is 2.76. The maximum Gasteiger partial charge on any atom is 0.209 e. The predicted octanol–water partition coefficient (Wildman–Crippen LogP) is 1.06. The van der Waals surface area contributed by atoms with Crippen LogP contribution >= 0.6 is 11.3 Å². The minimum Gasteiger partial charge on any atom is -0.313 e. The molecule has 0 saturated carbocycles. The maximum atomic E-state index is 11.9. The lowest BCUT2D eigenvalue weighted by molar-refractivity contribution is 0.423. The summed E-state index contributed by atoms with van der Waals surface area (Å²) in [7, 11) is -3.17. The summed E-state index contributed by atoms with van der Waals surface area (Å²) in [6.45, 7) is 0.929. The Morgan fingerprint density at radius 2 is 2.40 bits per heavy atom. The van der Waals surface area contributed by atoms with Gasteiger partial charge in [0.1, 0.15) is 0 Å². The van der Waals surface area contributed by atoms with Gasteiger partial charge in [-0.1, -0.05) is 6.42 Å². The summed E-state index contributed by atoms with van der Waals surface area (Å²) in [5, 5.41) is 4.93. The van der Waals surface area contributed by atoms with E-state index in [1.807, 2.05) is 0 Å². The molecule has 4 nitrogen and oxygen atoms in total. The molecule has 2 heterocycles. The Bertz CT molecular complexity index is 394. The Kier molecular flexibility index (Phi) is 3.38. The molecule has 1 N–H and O–H groups in total. The number of hydrogen-bond acceptors (Lipinski definition) is 5. The molecule has 0 aliphatic carbocycles. The zero-order valence-corrected chi connectivity index (χ0v) is 9.98. The van der Waals surface area contributed by atoms with Crippen molar-refractivity contribution in [3.63, 3.8) is 0 Å². The summed E-state index contributed by atoms with van der Waals surface area (Å²) in [6.07, 6.45) is 4.75. The van der Waals surface area contributed by atoms with Gasteiger partial charge in [-0.2, -0.15) is 0 Å². The van der Waals surface area contributed by atoms with Crippen molar-refractivity contribution in [2.45, 2.75) is 29.6 Å². The van der Waals surface area contributed by atoms with Gasteiger partial charge in [0, 0.05) is 17.6 Å². The van der Waals surface area contributed by atoms with Crippen LogP contribution in [0.4, 0.5) is 0 Å². The Morgan fingerprint density at radius 3 is 3.00 bits per heavy atom. The third-order valence-electron chi connectivity index (χ3n) is 2.51. The topological polar surface area (TPSA) is 59.1 Å². The summed E-state index contributed by atoms with van der Waals surface area (Å²) >= 11 is 1.19. The standard InChI is InChI=1S/C9H14N2O2S2/c12-15(13,9-11-5-6-14-9)7-8-3-1-2-4-10-8/h5-6,8,10H,1-4,7H2. The highest BCUT2D eigenvalue weighted by atomic mass is 32.2. The van der Waals surface area contributed by atoms with Crippen LogP contribution in [0.25, 0.3) is 0 Å². The Hall–Kier alpha value is -0.460. The van der Waals surface area contributed by atoms with Gasteiger partial charge in [0.2, 0.25) is 14.2 Å². The average molecular weight is 246 g/mol. The van der Waals surface area contributed by atoms with Crippen LogP contribution in [-0.2, 0) is 9.84 Å². The van der Waals surface area contributed by atoms with Crippen LogP contribution in [-0.4, -0.2) is 31.7 Å². The Morgan fingerprint density at radius 1 is 1.53 bits per heavy atom. The smallest absolute Gasteiger partial charge is 0.209 e. The molecule has 6 heteroatoms. The molecule has 1 aliphatic heterocycles. The second kappa shape index (κ2) is 4.59. The van der Waals surface area contributed by atoms with E-state index in [4.69, 9.17) is 0 Å². The molecular weight excluding hydrogens is 232 g/mol. The first kappa shape index (κ1) is 11.0. The quantitative estimate of drug-likeness (QED) is 0.866. The van der Waals surface area contributed by atoms with Gasteiger partial charge in [0.15, 0.2) is 0 Å². The van der Waals surface area contributed by atoms with E-state index >= 15 is 0 Å². The van der Waals surface area contributed by atoms with Crippen LogP contribution < -0.4 is 5.32 Å². The number of nitrogens with one attached hydrogen (secondary N) is 1. The van der Waals surface area contributed by atoms with Crippen molar-refractivity contribution in [2.24, 2.45) is 0 Å². The average Bonchev–Trinajstić information content (AvgIpc) is 2.71. The van der Waals surface area contributed by atoms with Crippen molar-refractivity contribution in [1.82, 2.24) is 10.3 Å². The van der Waals surface area contributed by atoms with Gasteiger partial charge >= 0.3 is 0 Å². The summed E-state index contributed by atoms with van der Waals surface area (Å²) in [5.74, 6) is 0.181. The molecule has 15 heavy (non-hydrogen) atoms. The molecule has 2 rings (SSSR count). The van der Waals surface area contributed by atoms with Crippen LogP contribution in [0, 0.1) is 0 Å². The van der Waals surface area contributed by atoms with Crippen molar-refractivity contribution in [3.8, 4) is 0 Å². The van der Waals surface area contributed by atoms with Crippen LogP contribution in [0.3, 0.4) is 0 Å². The summed E-state index contributed by atoms with van der Waals surface area (Å²) in [5.41, 5.74) is 0. The Labute approximate surface area is 93.7 Å². The van der Waals surface area contributed by atoms with Crippen molar-refractivity contribution in [1.29, 1.82) is 0 Å². The summed E-state index contributed by atoms with van der Waals surface area (Å²) in [6, 6.07) is 0.104. The molecule has 1 atom stereocenters. The van der Waals surface area contributed by atoms with Crippen molar-refractivity contribution in [3.05, 3.63) is 11.6 Å². The molecule has 1 unspecified atom stereocenters. The second-order valence-corrected chi connectivity index (χ2v) is 6.83. The van der Waals surface area contributed by atoms with Crippen molar-refractivity contribution >= 4 is 21.2 Å². The molecule has 1 fully saturated rings. The normalized spacial score (nSPS) is 22.8. The zero-order valence-electron chi connectivity index (χ0n) is 8.35. The van der Waals surface area contributed by atoms with Crippen molar-refractivity contribution < 1.29 is 8.42 Å². The van der Waals surface area contributed by atoms with Crippen LogP contribution in [0.2, 0.25) is 0 Å². The molecule has 0 bridgehead atoms. The van der Waals surface area contributed by atoms with E-state index < -0.39 is 9.84 Å². The minimum atomic E-state index is -3.17. The molecule has 0 amide bonds. The highest BCUT2D eigenvalue weighted by molar-refractivity contribution is 7.93. The van der Waals surface area contributed by atoms with E-state index in [-0.39, 0.29) is 16.1 Å². The zero-order chi connectivity index (χ0) is 10.7. The van der Waals surface area contributed by atoms with Gasteiger partial charge in [-0.15, -0.1) is 11.3 Å². The minimum absolute atomic E-state index is 0.104. The summed E-state index contributed by atoms with van der Waals surface area (Å²) < 4.78 is 24.0. The number of sulfone groups is 1. The molecule has 0 radical (unpaired) electrons. The predicted molar refractivity (Wildman–Crippen MR) is 59.8 cm³/mol. The van der Waals surface area contributed by atoms with Gasteiger partial charge in [-0.3, -0.25) is 0 Å². The lowest BCUT2D eigenvalue weighted by atomic mass is 10.1. The molecule has 1 saturated heterocycles. The molecule has 0 spiro atoms. The van der Waals surface area contributed by atoms with E-state index in [1.165, 1.54) is 17.5 Å². The first-order valence-corrected chi connectivity index (χ1v) is 7.57. The van der Waals surface area contributed by atoms with E-state index in [0.717, 1.165) is 25.8 Å². The van der Waals surface area contributed by atoms with Gasteiger partial charge in [-0.25, -0.2) is 13.4 Å². The fraction of sp³-hybridized carbons (Fsp3) is 0.667. The number of hydrogen-bond donors (Lipinski definition) is 1. The number of aromatic nitrogens is 1.